The zero-order valence-corrected chi connectivity index (χ0v) is 48.6. The van der Waals surface area contributed by atoms with Gasteiger partial charge < -0.3 is 82.5 Å². The Bertz CT molecular complexity index is 2380. The van der Waals surface area contributed by atoms with E-state index < -0.39 is 113 Å². The highest BCUT2D eigenvalue weighted by Crippen LogP contribution is 2.42. The number of carbonyl (C=O) groups is 2. The van der Waals surface area contributed by atoms with E-state index in [-0.39, 0.29) is 56.1 Å². The molecule has 1 aromatic carbocycles. The van der Waals surface area contributed by atoms with E-state index in [1.54, 1.807) is 40.9 Å². The van der Waals surface area contributed by atoms with Crippen molar-refractivity contribution in [1.29, 1.82) is 0 Å². The Balaban J connectivity index is 1.19. The smallest absolute Gasteiger partial charge is 0.341 e. The van der Waals surface area contributed by atoms with Crippen LogP contribution in [0.1, 0.15) is 131 Å². The Labute approximate surface area is 455 Å². The van der Waals surface area contributed by atoms with Gasteiger partial charge in [-0.3, -0.25) is 9.59 Å². The first-order valence-corrected chi connectivity index (χ1v) is 27.7. The van der Waals surface area contributed by atoms with Gasteiger partial charge in [-0.1, -0.05) is 20.8 Å². The number of carbonyl (C=O) groups excluding carboxylic acids is 1. The minimum absolute atomic E-state index is 0.159. The first-order valence-electron chi connectivity index (χ1n) is 27.7. The molecule has 5 heterocycles. The molecule has 4 aliphatic rings. The van der Waals surface area contributed by atoms with Crippen molar-refractivity contribution in [2.24, 2.45) is 17.8 Å². The third kappa shape index (κ3) is 13.9. The maximum atomic E-state index is 14.6. The number of esters is 1. The van der Waals surface area contributed by atoms with Gasteiger partial charge in [0.15, 0.2) is 12.6 Å². The summed E-state index contributed by atoms with van der Waals surface area (Å²) in [5, 5.41) is 58.3. The lowest BCUT2D eigenvalue weighted by Gasteiger charge is -2.49. The molecule has 1 aromatic heterocycles. The molecule has 438 valence electrons. The fourth-order valence-electron chi connectivity index (χ4n) is 12.4. The summed E-state index contributed by atoms with van der Waals surface area (Å²) in [7, 11) is 7.19. The molecule has 3 fully saturated rings. The largest absolute Gasteiger partial charge is 0.489 e. The van der Waals surface area contributed by atoms with E-state index in [9.17, 15) is 39.9 Å². The molecule has 77 heavy (non-hydrogen) atoms. The number of carboxylic acids is 1. The molecule has 1 unspecified atom stereocenters. The van der Waals surface area contributed by atoms with E-state index in [1.165, 1.54) is 13.1 Å². The minimum Gasteiger partial charge on any atom is -0.489 e. The first-order chi connectivity index (χ1) is 35.9. The van der Waals surface area contributed by atoms with Gasteiger partial charge in [-0.05, 0) is 139 Å². The van der Waals surface area contributed by atoms with Gasteiger partial charge in [-0.15, -0.1) is 0 Å². The summed E-state index contributed by atoms with van der Waals surface area (Å²) >= 11 is 0. The lowest BCUT2D eigenvalue weighted by Crippen LogP contribution is -2.61. The van der Waals surface area contributed by atoms with Crippen molar-refractivity contribution >= 4 is 22.8 Å². The molecule has 0 bridgehead atoms. The van der Waals surface area contributed by atoms with E-state index in [2.05, 4.69) is 0 Å². The number of aromatic nitrogens is 1. The Morgan fingerprint density at radius 3 is 2.25 bits per heavy atom. The average molecular weight is 1090 g/mol. The normalized spacial score (nSPS) is 38.7. The molecule has 2 aromatic rings. The third-order valence-electron chi connectivity index (χ3n) is 17.0. The number of pyridine rings is 1. The van der Waals surface area contributed by atoms with Gasteiger partial charge in [-0.25, -0.2) is 4.79 Å². The predicted octanol–water partition coefficient (Wildman–Crippen LogP) is 4.72. The van der Waals surface area contributed by atoms with Crippen LogP contribution in [0.15, 0.2) is 23.1 Å². The molecule has 20 heteroatoms. The quantitative estimate of drug-likeness (QED) is 0.113. The third-order valence-corrected chi connectivity index (χ3v) is 17.0. The predicted molar refractivity (Wildman–Crippen MR) is 287 cm³/mol. The van der Waals surface area contributed by atoms with Gasteiger partial charge in [0.25, 0.3) is 0 Å². The summed E-state index contributed by atoms with van der Waals surface area (Å²) in [5.74, 6) is -3.49. The van der Waals surface area contributed by atoms with Crippen molar-refractivity contribution in [2.45, 2.75) is 217 Å². The number of cyclic esters (lactones) is 1. The van der Waals surface area contributed by atoms with Crippen LogP contribution in [0.25, 0.3) is 10.9 Å². The second kappa shape index (κ2) is 25.2. The highest BCUT2D eigenvalue weighted by Gasteiger charge is 2.53. The summed E-state index contributed by atoms with van der Waals surface area (Å²) < 4.78 is 59.4. The lowest BCUT2D eigenvalue weighted by atomic mass is 9.77. The SMILES string of the molecule is CC[C@H]1OC(=O)[C@H](C)[C@@H](OC2C[C@@](C)(OC)[C@@H](OCCOCCCc3cc4c5c(c3)c(=O)c(C(=O)O)cn5C(C)(C)CO4)[C@H](C)O2)[C@H](C)[C@@H](O[C@@H]2O[C@H](C)C[C@H](N(C)C)[C@H]2O)[C@](C)(O)C[C@@H](C)CN(C)[C@H](C)[C@H](O)[C@]1(C)O. The fraction of sp³-hybridized carbons (Fsp3) is 0.807. The topological polar surface area (TPSA) is 247 Å². The molecule has 0 radical (unpaired) electrons. The zero-order valence-electron chi connectivity index (χ0n) is 48.6. The van der Waals surface area contributed by atoms with Crippen molar-refractivity contribution in [3.05, 3.63) is 39.7 Å². The van der Waals surface area contributed by atoms with Crippen LogP contribution in [-0.4, -0.2) is 203 Å². The molecular formula is C57H93N3O17. The van der Waals surface area contributed by atoms with Crippen LogP contribution in [0, 0.1) is 17.8 Å². The number of methoxy groups -OCH3 is 1. The highest BCUT2D eigenvalue weighted by atomic mass is 16.7. The maximum absolute atomic E-state index is 14.6. The van der Waals surface area contributed by atoms with Crippen LogP contribution >= 0.6 is 0 Å². The molecule has 6 rings (SSSR count). The van der Waals surface area contributed by atoms with Crippen LogP contribution in [0.5, 0.6) is 5.75 Å². The number of hydrogen-bond donors (Lipinski definition) is 5. The summed E-state index contributed by atoms with van der Waals surface area (Å²) in [6.45, 7) is 23.3. The minimum atomic E-state index is -1.84. The number of ether oxygens (including phenoxy) is 9. The van der Waals surface area contributed by atoms with Crippen molar-refractivity contribution in [1.82, 2.24) is 14.4 Å². The van der Waals surface area contributed by atoms with Crippen molar-refractivity contribution < 1.29 is 77.8 Å². The number of aryl methyl sites for hydroxylation is 1. The average Bonchev–Trinajstić information content (AvgIpc) is 3.35. The molecule has 0 saturated carbocycles. The number of rotatable bonds is 16. The zero-order chi connectivity index (χ0) is 57.3. The number of hydrogen-bond acceptors (Lipinski definition) is 18. The lowest BCUT2D eigenvalue weighted by molar-refractivity contribution is -0.321. The molecule has 5 N–H and O–H groups in total. The second-order valence-corrected chi connectivity index (χ2v) is 24.4. The van der Waals surface area contributed by atoms with Crippen molar-refractivity contribution in [2.75, 3.05) is 61.2 Å². The Kier molecular flexibility index (Phi) is 20.6. The number of aliphatic hydroxyl groups is 4. The Hall–Kier alpha value is -3.35. The summed E-state index contributed by atoms with van der Waals surface area (Å²) in [6, 6.07) is 2.76. The van der Waals surface area contributed by atoms with Gasteiger partial charge in [0.1, 0.15) is 47.9 Å². The van der Waals surface area contributed by atoms with Gasteiger partial charge in [0, 0.05) is 50.9 Å². The summed E-state index contributed by atoms with van der Waals surface area (Å²) in [4.78, 5) is 43.8. The van der Waals surface area contributed by atoms with Crippen LogP contribution in [0.2, 0.25) is 0 Å². The number of carboxylic acid groups (broad SMARTS) is 1. The number of nitrogens with zero attached hydrogens (tertiary/aromatic N) is 3. The van der Waals surface area contributed by atoms with Gasteiger partial charge in [-0.2, -0.15) is 0 Å². The molecule has 0 aliphatic carbocycles. The molecule has 20 nitrogen and oxygen atoms in total. The van der Waals surface area contributed by atoms with E-state index >= 15 is 0 Å². The van der Waals surface area contributed by atoms with Gasteiger partial charge in [0.05, 0.1) is 71.2 Å². The molecule has 0 amide bonds. The van der Waals surface area contributed by atoms with Gasteiger partial charge >= 0.3 is 11.9 Å². The summed E-state index contributed by atoms with van der Waals surface area (Å²) in [5.41, 5.74) is -4.41. The molecule has 4 aliphatic heterocycles. The molecular weight excluding hydrogens is 999 g/mol. The summed E-state index contributed by atoms with van der Waals surface area (Å²) in [6.07, 6.45) is -5.60. The number of aromatic carboxylic acids is 1. The van der Waals surface area contributed by atoms with Crippen LogP contribution < -0.4 is 10.2 Å². The van der Waals surface area contributed by atoms with Crippen LogP contribution in [0.4, 0.5) is 0 Å². The Morgan fingerprint density at radius 1 is 0.922 bits per heavy atom. The van der Waals surface area contributed by atoms with Crippen LogP contribution in [0.3, 0.4) is 0 Å². The molecule has 3 saturated heterocycles. The first kappa shape index (κ1) is 62.8. The van der Waals surface area contributed by atoms with Crippen molar-refractivity contribution in [3.63, 3.8) is 0 Å². The van der Waals surface area contributed by atoms with E-state index in [4.69, 9.17) is 42.6 Å². The highest BCUT2D eigenvalue weighted by molar-refractivity contribution is 5.95. The second-order valence-electron chi connectivity index (χ2n) is 24.4. The van der Waals surface area contributed by atoms with Crippen molar-refractivity contribution in [3.8, 4) is 5.75 Å². The van der Waals surface area contributed by atoms with E-state index in [0.29, 0.717) is 55.7 Å². The molecule has 18 atom stereocenters. The molecule has 0 spiro atoms. The fourth-order valence-corrected chi connectivity index (χ4v) is 12.4. The number of likely N-dealkylation sites (N-methyl/N-ethyl adjacent to an activating group) is 2. The van der Waals surface area contributed by atoms with E-state index in [1.807, 2.05) is 90.0 Å². The van der Waals surface area contributed by atoms with Gasteiger partial charge in [0.2, 0.25) is 5.43 Å². The maximum Gasteiger partial charge on any atom is 0.341 e. The number of benzene rings is 1. The Morgan fingerprint density at radius 2 is 1.61 bits per heavy atom. The number of aliphatic hydroxyl groups excluding tert-OH is 2. The van der Waals surface area contributed by atoms with E-state index in [0.717, 1.165) is 5.56 Å². The van der Waals surface area contributed by atoms with Crippen LogP contribution in [-0.2, 0) is 54.6 Å². The standard InChI is InChI=1S/C57H93N3O17/c1-17-42-57(12,68)48(63)35(6)59(15)28-31(2)26-55(10,67)49(77-53-46(62)40(58(13)14)23-32(3)73-53)33(4)47(34(5)52(66)75-42)76-43-27-56(11,69-16)50(36(7)74-43)71-22-21-70-20-18-19-37-24-38-44-41(25-37)72-30-54(8,9)60(44)29-39(45(38)61)51(64)65/h24-25,29,31-36,40,42-43,46-50,53,62-63,67-68H,17-23,26-28,30H2,1-16H3,(H,64,65)/t31-,32-,33+,34-,35-,36+,40+,42-,43?,46-,47+,48+,49-,50+,53+,55-,56-,57-/m1/s1. The monoisotopic (exact) mass is 1090 g/mol.